The van der Waals surface area contributed by atoms with Crippen LogP contribution in [0.25, 0.3) is 0 Å². The lowest BCUT2D eigenvalue weighted by Gasteiger charge is -2.23. The first-order valence-corrected chi connectivity index (χ1v) is 6.22. The first-order valence-electron chi connectivity index (χ1n) is 6.22. The minimum absolute atomic E-state index is 0.203. The Morgan fingerprint density at radius 2 is 2.29 bits per heavy atom. The fraction of sp³-hybridized carbons (Fsp3) is 0.571. The number of hydrogen-bond donors (Lipinski definition) is 1. The lowest BCUT2D eigenvalue weighted by molar-refractivity contribution is -0.0358. The molecule has 0 bridgehead atoms. The number of hydrogen-bond acceptors (Lipinski definition) is 3. The molecule has 3 nitrogen and oxygen atoms in total. The number of benzene rings is 1. The van der Waals surface area contributed by atoms with Crippen molar-refractivity contribution in [1.29, 1.82) is 0 Å². The minimum atomic E-state index is 0.203. The van der Waals surface area contributed by atoms with Crippen LogP contribution in [0, 0.1) is 13.8 Å². The third-order valence-corrected chi connectivity index (χ3v) is 3.07. The summed E-state index contributed by atoms with van der Waals surface area (Å²) in [6, 6.07) is 6.47. The largest absolute Gasteiger partial charge is 0.374 e. The summed E-state index contributed by atoms with van der Waals surface area (Å²) in [5.74, 6) is 0. The monoisotopic (exact) mass is 235 g/mol. The highest BCUT2D eigenvalue weighted by Crippen LogP contribution is 2.12. The van der Waals surface area contributed by atoms with Crippen molar-refractivity contribution in [2.75, 3.05) is 26.3 Å². The molecule has 1 aromatic rings. The van der Waals surface area contributed by atoms with Gasteiger partial charge in [0.05, 0.1) is 25.9 Å². The van der Waals surface area contributed by atoms with Crippen molar-refractivity contribution in [2.45, 2.75) is 26.6 Å². The van der Waals surface area contributed by atoms with Gasteiger partial charge in [-0.25, -0.2) is 0 Å². The van der Waals surface area contributed by atoms with Crippen LogP contribution in [0.2, 0.25) is 0 Å². The summed E-state index contributed by atoms with van der Waals surface area (Å²) in [6.07, 6.45) is 0.203. The van der Waals surface area contributed by atoms with Crippen molar-refractivity contribution in [3.05, 3.63) is 34.9 Å². The summed E-state index contributed by atoms with van der Waals surface area (Å²) < 4.78 is 11.3. The third-order valence-electron chi connectivity index (χ3n) is 3.07. The van der Waals surface area contributed by atoms with Crippen LogP contribution in [0.4, 0.5) is 0 Å². The molecule has 94 valence electrons. The van der Waals surface area contributed by atoms with E-state index >= 15 is 0 Å². The maximum Gasteiger partial charge on any atom is 0.0933 e. The predicted molar refractivity (Wildman–Crippen MR) is 68.2 cm³/mol. The smallest absolute Gasteiger partial charge is 0.0933 e. The summed E-state index contributed by atoms with van der Waals surface area (Å²) in [7, 11) is 0. The fourth-order valence-electron chi connectivity index (χ4n) is 1.98. The topological polar surface area (TPSA) is 30.5 Å². The molecule has 2 rings (SSSR count). The van der Waals surface area contributed by atoms with Crippen LogP contribution in [0.1, 0.15) is 16.7 Å². The predicted octanol–water partition coefficient (Wildman–Crippen LogP) is 1.81. The molecule has 0 aromatic heterocycles. The fourth-order valence-corrected chi connectivity index (χ4v) is 1.98. The summed E-state index contributed by atoms with van der Waals surface area (Å²) in [4.78, 5) is 0. The molecule has 1 atom stereocenters. The van der Waals surface area contributed by atoms with Crippen LogP contribution in [0.3, 0.4) is 0 Å². The van der Waals surface area contributed by atoms with Gasteiger partial charge in [-0.1, -0.05) is 23.8 Å². The highest BCUT2D eigenvalue weighted by molar-refractivity contribution is 5.29. The van der Waals surface area contributed by atoms with Gasteiger partial charge in [-0.15, -0.1) is 0 Å². The zero-order valence-electron chi connectivity index (χ0n) is 10.7. The average Bonchev–Trinajstić information content (AvgIpc) is 2.35. The summed E-state index contributed by atoms with van der Waals surface area (Å²) >= 11 is 0. The van der Waals surface area contributed by atoms with Gasteiger partial charge in [-0.2, -0.15) is 0 Å². The van der Waals surface area contributed by atoms with E-state index in [-0.39, 0.29) is 6.10 Å². The molecule has 1 unspecified atom stereocenters. The molecule has 0 aliphatic carbocycles. The minimum Gasteiger partial charge on any atom is -0.374 e. The SMILES string of the molecule is Cc1ccc(C)c(COCC2CNCCO2)c1. The van der Waals surface area contributed by atoms with E-state index in [0.717, 1.165) is 19.7 Å². The number of morpholine rings is 1. The van der Waals surface area contributed by atoms with E-state index in [9.17, 15) is 0 Å². The quantitative estimate of drug-likeness (QED) is 0.863. The van der Waals surface area contributed by atoms with Gasteiger partial charge in [-0.05, 0) is 25.0 Å². The molecule has 1 aliphatic rings. The van der Waals surface area contributed by atoms with Crippen molar-refractivity contribution in [3.8, 4) is 0 Å². The molecule has 1 heterocycles. The molecule has 17 heavy (non-hydrogen) atoms. The Kier molecular flexibility index (Phi) is 4.54. The summed E-state index contributed by atoms with van der Waals surface area (Å²) in [6.45, 7) is 8.21. The summed E-state index contributed by atoms with van der Waals surface area (Å²) in [5.41, 5.74) is 3.84. The summed E-state index contributed by atoms with van der Waals surface area (Å²) in [5, 5.41) is 3.30. The molecule has 0 amide bonds. The Balaban J connectivity index is 1.79. The standard InChI is InChI=1S/C14H21NO2/c1-11-3-4-12(2)13(7-11)9-16-10-14-8-15-5-6-17-14/h3-4,7,14-15H,5-6,8-10H2,1-2H3. The average molecular weight is 235 g/mol. The molecular formula is C14H21NO2. The van der Waals surface area contributed by atoms with Crippen molar-refractivity contribution < 1.29 is 9.47 Å². The Morgan fingerprint density at radius 1 is 1.41 bits per heavy atom. The van der Waals surface area contributed by atoms with Crippen LogP contribution >= 0.6 is 0 Å². The van der Waals surface area contributed by atoms with Gasteiger partial charge in [0.25, 0.3) is 0 Å². The zero-order chi connectivity index (χ0) is 12.1. The number of rotatable bonds is 4. The maximum atomic E-state index is 5.73. The highest BCUT2D eigenvalue weighted by Gasteiger charge is 2.13. The normalized spacial score (nSPS) is 20.5. The van der Waals surface area contributed by atoms with E-state index in [1.165, 1.54) is 16.7 Å². The zero-order valence-corrected chi connectivity index (χ0v) is 10.7. The molecular weight excluding hydrogens is 214 g/mol. The van der Waals surface area contributed by atoms with E-state index in [4.69, 9.17) is 9.47 Å². The second kappa shape index (κ2) is 6.15. The van der Waals surface area contributed by atoms with Gasteiger partial charge in [0, 0.05) is 13.1 Å². The van der Waals surface area contributed by atoms with Gasteiger partial charge >= 0.3 is 0 Å². The molecule has 1 aliphatic heterocycles. The first kappa shape index (κ1) is 12.6. The van der Waals surface area contributed by atoms with Crippen molar-refractivity contribution in [1.82, 2.24) is 5.32 Å². The van der Waals surface area contributed by atoms with Gasteiger partial charge in [0.2, 0.25) is 0 Å². The van der Waals surface area contributed by atoms with Crippen molar-refractivity contribution >= 4 is 0 Å². The third kappa shape index (κ3) is 3.80. The number of aryl methyl sites for hydroxylation is 2. The van der Waals surface area contributed by atoms with Crippen LogP contribution in [-0.2, 0) is 16.1 Å². The molecule has 3 heteroatoms. The van der Waals surface area contributed by atoms with E-state index in [1.54, 1.807) is 0 Å². The molecule has 1 fully saturated rings. The Bertz CT molecular complexity index is 359. The first-order chi connectivity index (χ1) is 8.25. The number of ether oxygens (including phenoxy) is 2. The molecule has 0 spiro atoms. The number of nitrogens with one attached hydrogen (secondary N) is 1. The van der Waals surface area contributed by atoms with Gasteiger partial charge in [-0.3, -0.25) is 0 Å². The Morgan fingerprint density at radius 3 is 3.06 bits per heavy atom. The van der Waals surface area contributed by atoms with Crippen molar-refractivity contribution in [3.63, 3.8) is 0 Å². The van der Waals surface area contributed by atoms with E-state index in [0.29, 0.717) is 13.2 Å². The van der Waals surface area contributed by atoms with Crippen LogP contribution < -0.4 is 5.32 Å². The van der Waals surface area contributed by atoms with Crippen LogP contribution in [0.5, 0.6) is 0 Å². The second-order valence-electron chi connectivity index (χ2n) is 4.64. The van der Waals surface area contributed by atoms with Crippen molar-refractivity contribution in [2.24, 2.45) is 0 Å². The van der Waals surface area contributed by atoms with Crippen LogP contribution in [-0.4, -0.2) is 32.4 Å². The van der Waals surface area contributed by atoms with Gasteiger partial charge in [0.15, 0.2) is 0 Å². The van der Waals surface area contributed by atoms with E-state index in [1.807, 2.05) is 0 Å². The molecule has 1 N–H and O–H groups in total. The Labute approximate surface area is 103 Å². The highest BCUT2D eigenvalue weighted by atomic mass is 16.5. The lowest BCUT2D eigenvalue weighted by atomic mass is 10.1. The van der Waals surface area contributed by atoms with E-state index in [2.05, 4.69) is 37.4 Å². The lowest BCUT2D eigenvalue weighted by Crippen LogP contribution is -2.40. The van der Waals surface area contributed by atoms with Gasteiger partial charge in [0.1, 0.15) is 0 Å². The molecule has 0 radical (unpaired) electrons. The van der Waals surface area contributed by atoms with Crippen LogP contribution in [0.15, 0.2) is 18.2 Å². The van der Waals surface area contributed by atoms with E-state index < -0.39 is 0 Å². The maximum absolute atomic E-state index is 5.73. The van der Waals surface area contributed by atoms with Gasteiger partial charge < -0.3 is 14.8 Å². The Hall–Kier alpha value is -0.900. The molecule has 1 saturated heterocycles. The molecule has 1 aromatic carbocycles. The molecule has 0 saturated carbocycles. The second-order valence-corrected chi connectivity index (χ2v) is 4.64.